The zero-order valence-electron chi connectivity index (χ0n) is 14.6. The van der Waals surface area contributed by atoms with Gasteiger partial charge in [0.1, 0.15) is 16.2 Å². The number of nitrogens with one attached hydrogen (secondary N) is 1. The molecule has 11 heteroatoms. The smallest absolute Gasteiger partial charge is 0.280 e. The number of aromatic nitrogens is 8. The first-order valence-corrected chi connectivity index (χ1v) is 8.52. The summed E-state index contributed by atoms with van der Waals surface area (Å²) in [6.45, 7) is 5.92. The lowest BCUT2D eigenvalue weighted by Crippen LogP contribution is -2.38. The highest BCUT2D eigenvalue weighted by Crippen LogP contribution is 2.28. The largest absolute Gasteiger partial charge is 0.332 e. The lowest BCUT2D eigenvalue weighted by Gasteiger charge is -2.19. The topological polar surface area (TPSA) is 124 Å². The Hall–Kier alpha value is -2.56. The van der Waals surface area contributed by atoms with Crippen molar-refractivity contribution >= 4 is 22.8 Å². The predicted molar refractivity (Wildman–Crippen MR) is 92.5 cm³/mol. The summed E-state index contributed by atoms with van der Waals surface area (Å²) >= 11 is 1.31. The number of hydrogen-bond acceptors (Lipinski definition) is 8. The Morgan fingerprint density at radius 1 is 1.12 bits per heavy atom. The number of thioether (sulfide) groups is 1. The number of aryl methyl sites for hydroxylation is 1. The molecule has 0 unspecified atom stereocenters. The summed E-state index contributed by atoms with van der Waals surface area (Å²) < 4.78 is 2.42. The second-order valence-corrected chi connectivity index (χ2v) is 7.59. The Bertz CT molecular complexity index is 1050. The molecule has 3 aromatic rings. The number of aromatic amines is 1. The summed E-state index contributed by atoms with van der Waals surface area (Å²) in [7, 11) is 3.03. The highest BCUT2D eigenvalue weighted by atomic mass is 32.2. The molecular formula is C14H18N8O2S. The van der Waals surface area contributed by atoms with Gasteiger partial charge in [-0.15, -0.1) is 10.2 Å². The molecule has 0 saturated carbocycles. The maximum absolute atomic E-state index is 12.7. The fourth-order valence-electron chi connectivity index (χ4n) is 2.25. The number of tetrazole rings is 1. The van der Waals surface area contributed by atoms with Crippen LogP contribution in [0.15, 0.2) is 14.6 Å². The van der Waals surface area contributed by atoms with Gasteiger partial charge in [-0.2, -0.15) is 5.21 Å². The van der Waals surface area contributed by atoms with Crippen molar-refractivity contribution in [2.45, 2.75) is 37.0 Å². The van der Waals surface area contributed by atoms with Crippen molar-refractivity contribution in [3.05, 3.63) is 32.5 Å². The van der Waals surface area contributed by atoms with Gasteiger partial charge in [0.2, 0.25) is 0 Å². The van der Waals surface area contributed by atoms with Gasteiger partial charge in [-0.05, 0) is 0 Å². The monoisotopic (exact) mass is 362 g/mol. The first-order chi connectivity index (χ1) is 11.7. The minimum atomic E-state index is -0.426. The third kappa shape index (κ3) is 3.06. The molecular weight excluding hydrogens is 344 g/mol. The normalized spacial score (nSPS) is 12.0. The van der Waals surface area contributed by atoms with Crippen LogP contribution in [0.5, 0.6) is 0 Å². The molecule has 132 valence electrons. The fraction of sp³-hybridized carbons (Fsp3) is 0.500. The van der Waals surface area contributed by atoms with E-state index in [0.29, 0.717) is 33.5 Å². The van der Waals surface area contributed by atoms with Crippen LogP contribution in [-0.4, -0.2) is 39.7 Å². The van der Waals surface area contributed by atoms with Crippen molar-refractivity contribution in [3.63, 3.8) is 0 Å². The minimum absolute atomic E-state index is 0.311. The molecule has 0 bridgehead atoms. The van der Waals surface area contributed by atoms with Gasteiger partial charge >= 0.3 is 5.69 Å². The first kappa shape index (κ1) is 17.3. The number of nitrogens with zero attached hydrogens (tertiary/aromatic N) is 7. The fourth-order valence-corrected chi connectivity index (χ4v) is 3.11. The van der Waals surface area contributed by atoms with Crippen molar-refractivity contribution in [1.29, 1.82) is 0 Å². The maximum atomic E-state index is 12.7. The standard InChI is InChI=1S/C14H18N8O2S/c1-14(2,3)12-15-9-8(11(23)22(5)13(24)21(9)4)10(16-12)25-6-7-17-19-20-18-7/h6H2,1-5H3,(H,17,18,19,20). The molecule has 0 aliphatic heterocycles. The summed E-state index contributed by atoms with van der Waals surface area (Å²) in [5.74, 6) is 1.44. The van der Waals surface area contributed by atoms with Crippen LogP contribution in [0.2, 0.25) is 0 Å². The second kappa shape index (κ2) is 6.06. The number of fused-ring (bicyclic) bond motifs is 1. The van der Waals surface area contributed by atoms with Gasteiger partial charge in [-0.1, -0.05) is 37.7 Å². The first-order valence-electron chi connectivity index (χ1n) is 7.53. The van der Waals surface area contributed by atoms with E-state index in [0.717, 1.165) is 4.57 Å². The Balaban J connectivity index is 2.28. The Labute approximate surface area is 146 Å². The van der Waals surface area contributed by atoms with E-state index in [1.54, 1.807) is 7.05 Å². The zero-order chi connectivity index (χ0) is 18.4. The van der Waals surface area contributed by atoms with Gasteiger partial charge in [0.25, 0.3) is 5.56 Å². The van der Waals surface area contributed by atoms with Crippen LogP contribution >= 0.6 is 11.8 Å². The average molecular weight is 362 g/mol. The molecule has 0 atom stereocenters. The third-order valence-corrected chi connectivity index (χ3v) is 4.64. The van der Waals surface area contributed by atoms with Crippen molar-refractivity contribution in [2.24, 2.45) is 14.1 Å². The summed E-state index contributed by atoms with van der Waals surface area (Å²) in [6.07, 6.45) is 0. The van der Waals surface area contributed by atoms with Crippen LogP contribution in [0.1, 0.15) is 32.4 Å². The molecule has 0 aromatic carbocycles. The molecule has 3 rings (SSSR count). The van der Waals surface area contributed by atoms with Gasteiger partial charge in [0.05, 0.1) is 5.75 Å². The van der Waals surface area contributed by atoms with Gasteiger partial charge < -0.3 is 0 Å². The Morgan fingerprint density at radius 2 is 1.84 bits per heavy atom. The Morgan fingerprint density at radius 3 is 2.44 bits per heavy atom. The number of rotatable bonds is 3. The van der Waals surface area contributed by atoms with Crippen LogP contribution < -0.4 is 11.2 Å². The van der Waals surface area contributed by atoms with E-state index in [1.807, 2.05) is 20.8 Å². The molecule has 3 heterocycles. The van der Waals surface area contributed by atoms with E-state index < -0.39 is 11.2 Å². The summed E-state index contributed by atoms with van der Waals surface area (Å²) in [4.78, 5) is 34.0. The molecule has 0 radical (unpaired) electrons. The van der Waals surface area contributed by atoms with Crippen molar-refractivity contribution in [2.75, 3.05) is 0 Å². The zero-order valence-corrected chi connectivity index (χ0v) is 15.4. The van der Waals surface area contributed by atoms with Crippen LogP contribution in [-0.2, 0) is 25.3 Å². The second-order valence-electron chi connectivity index (χ2n) is 6.62. The van der Waals surface area contributed by atoms with E-state index in [9.17, 15) is 9.59 Å². The quantitative estimate of drug-likeness (QED) is 0.515. The molecule has 0 saturated heterocycles. The molecule has 0 fully saturated rings. The van der Waals surface area contributed by atoms with Gasteiger partial charge in [0, 0.05) is 19.5 Å². The highest BCUT2D eigenvalue weighted by molar-refractivity contribution is 7.98. The van der Waals surface area contributed by atoms with E-state index in [-0.39, 0.29) is 5.41 Å². The lowest BCUT2D eigenvalue weighted by atomic mass is 9.96. The van der Waals surface area contributed by atoms with Crippen LogP contribution in [0, 0.1) is 0 Å². The number of H-pyrrole nitrogens is 1. The van der Waals surface area contributed by atoms with Gasteiger partial charge in [-0.3, -0.25) is 13.9 Å². The maximum Gasteiger partial charge on any atom is 0.332 e. The molecule has 10 nitrogen and oxygen atoms in total. The summed E-state index contributed by atoms with van der Waals surface area (Å²) in [5.41, 5.74) is -0.866. The molecule has 0 spiro atoms. The molecule has 25 heavy (non-hydrogen) atoms. The molecule has 1 N–H and O–H groups in total. The van der Waals surface area contributed by atoms with Gasteiger partial charge in [-0.25, -0.2) is 14.8 Å². The average Bonchev–Trinajstić information content (AvgIpc) is 3.08. The SMILES string of the molecule is Cn1c(=O)c2c(SCc3nn[nH]n3)nc(C(C)(C)C)nc2n(C)c1=O. The predicted octanol–water partition coefficient (Wildman–Crippen LogP) is 0.130. The van der Waals surface area contributed by atoms with Crippen LogP contribution in [0.4, 0.5) is 0 Å². The van der Waals surface area contributed by atoms with E-state index in [4.69, 9.17) is 0 Å². The molecule has 0 amide bonds. The summed E-state index contributed by atoms with van der Waals surface area (Å²) in [6, 6.07) is 0. The van der Waals surface area contributed by atoms with E-state index in [1.165, 1.54) is 23.4 Å². The van der Waals surface area contributed by atoms with Crippen molar-refractivity contribution in [3.8, 4) is 0 Å². The van der Waals surface area contributed by atoms with E-state index in [2.05, 4.69) is 30.6 Å². The summed E-state index contributed by atoms with van der Waals surface area (Å²) in [5, 5.41) is 14.5. The van der Waals surface area contributed by atoms with Crippen LogP contribution in [0.3, 0.4) is 0 Å². The van der Waals surface area contributed by atoms with Gasteiger partial charge in [0.15, 0.2) is 11.5 Å². The highest BCUT2D eigenvalue weighted by Gasteiger charge is 2.23. The molecule has 0 aliphatic rings. The van der Waals surface area contributed by atoms with Crippen molar-refractivity contribution in [1.82, 2.24) is 39.7 Å². The van der Waals surface area contributed by atoms with Crippen LogP contribution in [0.25, 0.3) is 11.0 Å². The molecule has 3 aromatic heterocycles. The Kier molecular flexibility index (Phi) is 4.19. The number of hydrogen-bond donors (Lipinski definition) is 1. The van der Waals surface area contributed by atoms with E-state index >= 15 is 0 Å². The lowest BCUT2D eigenvalue weighted by molar-refractivity contribution is 0.539. The van der Waals surface area contributed by atoms with Crippen molar-refractivity contribution < 1.29 is 0 Å². The molecule has 0 aliphatic carbocycles. The minimum Gasteiger partial charge on any atom is -0.280 e. The third-order valence-electron chi connectivity index (χ3n) is 3.66.